The summed E-state index contributed by atoms with van der Waals surface area (Å²) in [6.07, 6.45) is 10.3. The van der Waals surface area contributed by atoms with Gasteiger partial charge in [-0.05, 0) is 18.2 Å². The van der Waals surface area contributed by atoms with Crippen molar-refractivity contribution in [2.45, 2.75) is 12.5 Å². The molecule has 1 atom stereocenters. The van der Waals surface area contributed by atoms with E-state index in [1.807, 2.05) is 0 Å². The summed E-state index contributed by atoms with van der Waals surface area (Å²) in [4.78, 5) is 21.8. The van der Waals surface area contributed by atoms with E-state index in [1.165, 1.54) is 6.08 Å². The molecule has 1 fully saturated rings. The van der Waals surface area contributed by atoms with Gasteiger partial charge in [0.05, 0.1) is 19.0 Å². The first-order valence-corrected chi connectivity index (χ1v) is 6.74. The molecule has 0 aromatic carbocycles. The van der Waals surface area contributed by atoms with Gasteiger partial charge in [0, 0.05) is 31.4 Å². The summed E-state index contributed by atoms with van der Waals surface area (Å²) in [7, 11) is 0. The van der Waals surface area contributed by atoms with Crippen molar-refractivity contribution in [3.8, 4) is 5.88 Å². The van der Waals surface area contributed by atoms with E-state index in [4.69, 9.17) is 9.15 Å². The summed E-state index contributed by atoms with van der Waals surface area (Å²) in [5.41, 5.74) is 0. The molecule has 0 unspecified atom stereocenters. The third-order valence-corrected chi connectivity index (χ3v) is 3.22. The molecule has 3 rings (SSSR count). The molecule has 1 aliphatic heterocycles. The molecule has 6 heteroatoms. The molecule has 0 spiro atoms. The lowest BCUT2D eigenvalue weighted by molar-refractivity contribution is -0.125. The van der Waals surface area contributed by atoms with Gasteiger partial charge in [-0.3, -0.25) is 9.78 Å². The van der Waals surface area contributed by atoms with Crippen LogP contribution in [0.25, 0.3) is 6.08 Å². The number of amides is 1. The number of likely N-dealkylation sites (tertiary alicyclic amines) is 1. The number of ether oxygens (including phenoxy) is 1. The van der Waals surface area contributed by atoms with Crippen LogP contribution in [0.3, 0.4) is 0 Å². The highest BCUT2D eigenvalue weighted by molar-refractivity contribution is 5.91. The van der Waals surface area contributed by atoms with Crippen LogP contribution < -0.4 is 4.74 Å². The highest BCUT2D eigenvalue weighted by Crippen LogP contribution is 2.16. The van der Waals surface area contributed by atoms with E-state index < -0.39 is 0 Å². The molecule has 0 radical (unpaired) electrons. The predicted octanol–water partition coefficient (Wildman–Crippen LogP) is 1.76. The fourth-order valence-corrected chi connectivity index (χ4v) is 2.19. The quantitative estimate of drug-likeness (QED) is 0.801. The van der Waals surface area contributed by atoms with E-state index in [2.05, 4.69) is 9.97 Å². The summed E-state index contributed by atoms with van der Waals surface area (Å²) in [6, 6.07) is 3.58. The number of carbonyl (C=O) groups is 1. The van der Waals surface area contributed by atoms with Gasteiger partial charge in [0.1, 0.15) is 11.9 Å². The van der Waals surface area contributed by atoms with Gasteiger partial charge in [0.2, 0.25) is 11.8 Å². The van der Waals surface area contributed by atoms with Crippen molar-refractivity contribution in [1.29, 1.82) is 0 Å². The zero-order chi connectivity index (χ0) is 14.5. The minimum Gasteiger partial charge on any atom is -0.471 e. The molecule has 21 heavy (non-hydrogen) atoms. The zero-order valence-electron chi connectivity index (χ0n) is 11.4. The summed E-state index contributed by atoms with van der Waals surface area (Å²) in [6.45, 7) is 1.23. The molecule has 6 nitrogen and oxygen atoms in total. The lowest BCUT2D eigenvalue weighted by Gasteiger charge is -2.14. The summed E-state index contributed by atoms with van der Waals surface area (Å²) in [5, 5.41) is 0. The van der Waals surface area contributed by atoms with Crippen LogP contribution in [0.1, 0.15) is 12.2 Å². The summed E-state index contributed by atoms with van der Waals surface area (Å²) in [5.74, 6) is 1.11. The fourth-order valence-electron chi connectivity index (χ4n) is 2.19. The van der Waals surface area contributed by atoms with Crippen molar-refractivity contribution in [1.82, 2.24) is 14.9 Å². The molecule has 3 heterocycles. The third kappa shape index (κ3) is 3.47. The van der Waals surface area contributed by atoms with E-state index in [0.29, 0.717) is 24.7 Å². The predicted molar refractivity (Wildman–Crippen MR) is 75.4 cm³/mol. The second kappa shape index (κ2) is 6.21. The average molecular weight is 285 g/mol. The minimum absolute atomic E-state index is 0.0392. The Morgan fingerprint density at radius 3 is 3.19 bits per heavy atom. The number of rotatable bonds is 4. The molecular formula is C15H15N3O3. The Labute approximate surface area is 122 Å². The van der Waals surface area contributed by atoms with Gasteiger partial charge >= 0.3 is 0 Å². The van der Waals surface area contributed by atoms with Crippen molar-refractivity contribution < 1.29 is 13.9 Å². The maximum absolute atomic E-state index is 12.1. The lowest BCUT2D eigenvalue weighted by atomic mass is 10.3. The smallest absolute Gasteiger partial charge is 0.246 e. The first-order valence-electron chi connectivity index (χ1n) is 6.74. The second-order valence-electron chi connectivity index (χ2n) is 4.71. The average Bonchev–Trinajstić information content (AvgIpc) is 3.17. The van der Waals surface area contributed by atoms with Crippen LogP contribution in [0.4, 0.5) is 0 Å². The van der Waals surface area contributed by atoms with E-state index in [9.17, 15) is 4.79 Å². The second-order valence-corrected chi connectivity index (χ2v) is 4.71. The topological polar surface area (TPSA) is 68.5 Å². The number of hydrogen-bond donors (Lipinski definition) is 0. The highest BCUT2D eigenvalue weighted by Gasteiger charge is 2.26. The molecular weight excluding hydrogens is 270 g/mol. The fraction of sp³-hybridized carbons (Fsp3) is 0.267. The molecule has 1 saturated heterocycles. The maximum Gasteiger partial charge on any atom is 0.246 e. The first kappa shape index (κ1) is 13.4. The molecule has 2 aromatic heterocycles. The van der Waals surface area contributed by atoms with Crippen molar-refractivity contribution in [3.05, 3.63) is 48.8 Å². The summed E-state index contributed by atoms with van der Waals surface area (Å²) < 4.78 is 10.8. The number of aromatic nitrogens is 2. The van der Waals surface area contributed by atoms with Crippen molar-refractivity contribution in [2.75, 3.05) is 13.1 Å². The largest absolute Gasteiger partial charge is 0.471 e. The molecule has 0 N–H and O–H groups in total. The van der Waals surface area contributed by atoms with E-state index >= 15 is 0 Å². The monoisotopic (exact) mass is 285 g/mol. The van der Waals surface area contributed by atoms with Crippen molar-refractivity contribution in [2.24, 2.45) is 0 Å². The van der Waals surface area contributed by atoms with Crippen LogP contribution in [0.5, 0.6) is 5.88 Å². The number of nitrogens with zero attached hydrogens (tertiary/aromatic N) is 3. The van der Waals surface area contributed by atoms with E-state index in [-0.39, 0.29) is 12.0 Å². The maximum atomic E-state index is 12.1. The molecule has 1 aliphatic rings. The van der Waals surface area contributed by atoms with Gasteiger partial charge in [-0.2, -0.15) is 0 Å². The highest BCUT2D eigenvalue weighted by atomic mass is 16.5. The van der Waals surface area contributed by atoms with E-state index in [1.54, 1.807) is 48.0 Å². The number of hydrogen-bond acceptors (Lipinski definition) is 5. The molecule has 0 saturated carbocycles. The Morgan fingerprint density at radius 1 is 1.48 bits per heavy atom. The van der Waals surface area contributed by atoms with E-state index in [0.717, 1.165) is 6.42 Å². The van der Waals surface area contributed by atoms with Gasteiger partial charge in [-0.25, -0.2) is 4.98 Å². The normalized spacial score (nSPS) is 18.3. The summed E-state index contributed by atoms with van der Waals surface area (Å²) >= 11 is 0. The SMILES string of the molecule is O=C(/C=C/c1ccco1)N1CC[C@H](Oc2cnccn2)C1. The van der Waals surface area contributed by atoms with Crippen LogP contribution >= 0.6 is 0 Å². The lowest BCUT2D eigenvalue weighted by Crippen LogP contribution is -2.29. The van der Waals surface area contributed by atoms with Crippen molar-refractivity contribution in [3.63, 3.8) is 0 Å². The Hall–Kier alpha value is -2.63. The van der Waals surface area contributed by atoms with Crippen LogP contribution in [0.15, 0.2) is 47.5 Å². The zero-order valence-corrected chi connectivity index (χ0v) is 11.4. The van der Waals surface area contributed by atoms with Crippen LogP contribution in [-0.4, -0.2) is 40.0 Å². The Bertz CT molecular complexity index is 610. The first-order chi connectivity index (χ1) is 10.3. The molecule has 1 amide bonds. The standard InChI is InChI=1S/C15H15N3O3/c19-15(4-3-12-2-1-9-20-12)18-8-5-13(11-18)21-14-10-16-6-7-17-14/h1-4,6-7,9-10,13H,5,8,11H2/b4-3+/t13-/m0/s1. The van der Waals surface area contributed by atoms with Gasteiger partial charge < -0.3 is 14.1 Å². The third-order valence-electron chi connectivity index (χ3n) is 3.22. The molecule has 0 bridgehead atoms. The van der Waals surface area contributed by atoms with Crippen LogP contribution in [-0.2, 0) is 4.79 Å². The van der Waals surface area contributed by atoms with Gasteiger partial charge in [-0.15, -0.1) is 0 Å². The van der Waals surface area contributed by atoms with Gasteiger partial charge in [0.25, 0.3) is 0 Å². The van der Waals surface area contributed by atoms with Gasteiger partial charge in [-0.1, -0.05) is 0 Å². The van der Waals surface area contributed by atoms with Crippen LogP contribution in [0, 0.1) is 0 Å². The van der Waals surface area contributed by atoms with Crippen molar-refractivity contribution >= 4 is 12.0 Å². The Morgan fingerprint density at radius 2 is 2.43 bits per heavy atom. The van der Waals surface area contributed by atoms with Crippen LogP contribution in [0.2, 0.25) is 0 Å². The Kier molecular flexibility index (Phi) is 3.95. The van der Waals surface area contributed by atoms with Gasteiger partial charge in [0.15, 0.2) is 0 Å². The minimum atomic E-state index is -0.0448. The number of furan rings is 1. The Balaban J connectivity index is 1.53. The molecule has 108 valence electrons. The number of carbonyl (C=O) groups excluding carboxylic acids is 1. The molecule has 0 aliphatic carbocycles. The molecule has 2 aromatic rings.